The van der Waals surface area contributed by atoms with Crippen molar-refractivity contribution in [3.8, 4) is 11.8 Å². The number of imide groups is 2. The van der Waals surface area contributed by atoms with Crippen LogP contribution >= 0.6 is 11.6 Å². The van der Waals surface area contributed by atoms with Crippen LogP contribution in [0.3, 0.4) is 0 Å². The summed E-state index contributed by atoms with van der Waals surface area (Å²) in [6.07, 6.45) is 9.30. The van der Waals surface area contributed by atoms with Crippen molar-refractivity contribution in [2.24, 2.45) is 0 Å². The van der Waals surface area contributed by atoms with E-state index in [2.05, 4.69) is 26.2 Å². The molecule has 4 heterocycles. The van der Waals surface area contributed by atoms with Gasteiger partial charge in [0.05, 0.1) is 27.8 Å². The Morgan fingerprint density at radius 3 is 2.11 bits per heavy atom. The number of aromatic nitrogens is 1. The smallest absolute Gasteiger partial charge is 0.262 e. The summed E-state index contributed by atoms with van der Waals surface area (Å²) >= 11 is 6.14. The minimum absolute atomic E-state index is 0.0316. The highest BCUT2D eigenvalue weighted by Crippen LogP contribution is 2.34. The first-order valence-electron chi connectivity index (χ1n) is 18.0. The number of piperidine rings is 2. The standard InChI is InChI=1S/C40H37ClN6O6/c41-34-19-31(8-3-24(34)20-42)53-30-9-4-27(5-10-30)43-37(49)23-1-6-28(7-2-23)45-15-13-29(14-16-45)46-21-25-17-32-33(18-26(25)22-46)40(52)47(39(32)51)35-11-12-36(48)44-38(35)50/h1-3,6-8,17-19,21-22,27,29-30,35H,4-5,9-16H2,(H,43,49)(H,44,48,50)/t27-,30-,35?. The fourth-order valence-electron chi connectivity index (χ4n) is 8.04. The minimum atomic E-state index is -0.987. The number of carbonyl (C=O) groups excluding carboxylic acids is 5. The lowest BCUT2D eigenvalue weighted by atomic mass is 9.92. The van der Waals surface area contributed by atoms with Gasteiger partial charge in [-0.05, 0) is 93.5 Å². The number of rotatable bonds is 7. The minimum Gasteiger partial charge on any atom is -0.490 e. The van der Waals surface area contributed by atoms with E-state index < -0.39 is 29.7 Å². The van der Waals surface area contributed by atoms with Crippen molar-refractivity contribution in [3.05, 3.63) is 94.3 Å². The Labute approximate surface area is 310 Å². The maximum absolute atomic E-state index is 13.3. The number of benzene rings is 3. The summed E-state index contributed by atoms with van der Waals surface area (Å²) in [4.78, 5) is 67.0. The Kier molecular flexibility index (Phi) is 9.12. The predicted molar refractivity (Wildman–Crippen MR) is 196 cm³/mol. The lowest BCUT2D eigenvalue weighted by Gasteiger charge is -2.34. The number of halogens is 1. The molecule has 0 spiro atoms. The van der Waals surface area contributed by atoms with Gasteiger partial charge in [-0.1, -0.05) is 11.6 Å². The molecular weight excluding hydrogens is 696 g/mol. The average Bonchev–Trinajstić information content (AvgIpc) is 3.69. The summed E-state index contributed by atoms with van der Waals surface area (Å²) in [5.41, 5.74) is 2.66. The zero-order valence-electron chi connectivity index (χ0n) is 28.8. The highest BCUT2D eigenvalue weighted by atomic mass is 35.5. The van der Waals surface area contributed by atoms with Crippen LogP contribution in [0.5, 0.6) is 5.75 Å². The van der Waals surface area contributed by atoms with Crippen molar-refractivity contribution in [1.29, 1.82) is 5.26 Å². The third-order valence-corrected chi connectivity index (χ3v) is 11.3. The molecule has 1 aliphatic carbocycles. The molecule has 2 N–H and O–H groups in total. The van der Waals surface area contributed by atoms with Crippen molar-refractivity contribution < 1.29 is 28.7 Å². The Morgan fingerprint density at radius 1 is 0.849 bits per heavy atom. The van der Waals surface area contributed by atoms with Crippen LogP contribution < -0.4 is 20.3 Å². The third-order valence-electron chi connectivity index (χ3n) is 11.0. The van der Waals surface area contributed by atoms with Gasteiger partial charge in [0.2, 0.25) is 11.8 Å². The van der Waals surface area contributed by atoms with Crippen molar-refractivity contribution in [2.75, 3.05) is 18.0 Å². The van der Waals surface area contributed by atoms with E-state index in [4.69, 9.17) is 21.6 Å². The molecule has 1 saturated carbocycles. The number of fused-ring (bicyclic) bond motifs is 2. The van der Waals surface area contributed by atoms with E-state index >= 15 is 0 Å². The van der Waals surface area contributed by atoms with Crippen molar-refractivity contribution in [1.82, 2.24) is 20.1 Å². The molecule has 4 aliphatic rings. The Balaban J connectivity index is 0.830. The molecule has 3 aromatic carbocycles. The van der Waals surface area contributed by atoms with Crippen molar-refractivity contribution in [2.45, 2.75) is 75.6 Å². The molecule has 2 saturated heterocycles. The molecule has 0 bridgehead atoms. The van der Waals surface area contributed by atoms with Crippen LogP contribution in [-0.4, -0.2) is 70.3 Å². The molecule has 1 aromatic heterocycles. The summed E-state index contributed by atoms with van der Waals surface area (Å²) in [5, 5.41) is 16.6. The molecule has 3 aliphatic heterocycles. The van der Waals surface area contributed by atoms with Crippen LogP contribution in [0.1, 0.15) is 94.0 Å². The number of hydrogen-bond donors (Lipinski definition) is 2. The van der Waals surface area contributed by atoms with Crippen LogP contribution in [0.2, 0.25) is 5.02 Å². The zero-order valence-corrected chi connectivity index (χ0v) is 29.6. The predicted octanol–water partition coefficient (Wildman–Crippen LogP) is 5.53. The Morgan fingerprint density at radius 2 is 1.51 bits per heavy atom. The summed E-state index contributed by atoms with van der Waals surface area (Å²) < 4.78 is 8.25. The van der Waals surface area contributed by atoms with Gasteiger partial charge in [-0.25, -0.2) is 0 Å². The zero-order chi connectivity index (χ0) is 36.8. The number of nitrogens with one attached hydrogen (secondary N) is 2. The molecule has 4 aromatic rings. The fourth-order valence-corrected chi connectivity index (χ4v) is 8.25. The Hall–Kier alpha value is -5.67. The summed E-state index contributed by atoms with van der Waals surface area (Å²) in [6.45, 7) is 1.66. The van der Waals surface area contributed by atoms with Crippen LogP contribution in [0.4, 0.5) is 5.69 Å². The van der Waals surface area contributed by atoms with E-state index in [1.54, 1.807) is 30.3 Å². The van der Waals surface area contributed by atoms with Gasteiger partial charge in [0.1, 0.15) is 17.9 Å². The maximum atomic E-state index is 13.3. The molecule has 12 nitrogen and oxygen atoms in total. The van der Waals surface area contributed by atoms with Gasteiger partial charge >= 0.3 is 0 Å². The van der Waals surface area contributed by atoms with E-state index in [1.165, 1.54) is 0 Å². The topological polar surface area (TPSA) is 154 Å². The monoisotopic (exact) mass is 732 g/mol. The first-order chi connectivity index (χ1) is 25.6. The number of anilines is 1. The van der Waals surface area contributed by atoms with E-state index in [9.17, 15) is 24.0 Å². The molecule has 13 heteroatoms. The number of amides is 5. The largest absolute Gasteiger partial charge is 0.490 e. The lowest BCUT2D eigenvalue weighted by molar-refractivity contribution is -0.136. The first kappa shape index (κ1) is 34.4. The number of carbonyl (C=O) groups is 5. The molecule has 53 heavy (non-hydrogen) atoms. The summed E-state index contributed by atoms with van der Waals surface area (Å²) in [7, 11) is 0. The van der Waals surface area contributed by atoms with Gasteiger partial charge in [0, 0.05) is 72.1 Å². The number of nitrogens with zero attached hydrogens (tertiary/aromatic N) is 4. The molecule has 0 radical (unpaired) electrons. The van der Waals surface area contributed by atoms with E-state index in [0.717, 1.165) is 73.0 Å². The maximum Gasteiger partial charge on any atom is 0.262 e. The number of ether oxygens (including phenoxy) is 1. The molecule has 270 valence electrons. The average molecular weight is 733 g/mol. The normalized spacial score (nSPS) is 22.1. The lowest BCUT2D eigenvalue weighted by Crippen LogP contribution is -2.54. The molecule has 1 unspecified atom stereocenters. The SMILES string of the molecule is N#Cc1ccc(O[C@H]2CC[C@H](NC(=O)c3ccc(N4CCC(n5cc6cc7c(cc6c5)C(=O)N(C5CCC(=O)NC5=O)C7=O)CC4)cc3)CC2)cc1Cl. The second-order valence-electron chi connectivity index (χ2n) is 14.3. The third kappa shape index (κ3) is 6.73. The van der Waals surface area contributed by atoms with Crippen LogP contribution in [0.25, 0.3) is 10.8 Å². The van der Waals surface area contributed by atoms with Gasteiger partial charge in [-0.2, -0.15) is 5.26 Å². The van der Waals surface area contributed by atoms with Crippen LogP contribution in [0.15, 0.2) is 67.0 Å². The first-order valence-corrected chi connectivity index (χ1v) is 18.4. The molecule has 5 amide bonds. The van der Waals surface area contributed by atoms with Gasteiger partial charge in [0.15, 0.2) is 0 Å². The van der Waals surface area contributed by atoms with Gasteiger partial charge < -0.3 is 19.5 Å². The second-order valence-corrected chi connectivity index (χ2v) is 14.7. The van der Waals surface area contributed by atoms with Crippen molar-refractivity contribution in [3.63, 3.8) is 0 Å². The van der Waals surface area contributed by atoms with Gasteiger partial charge in [-0.3, -0.25) is 34.2 Å². The Bertz CT molecular complexity index is 2140. The van der Waals surface area contributed by atoms with Crippen molar-refractivity contribution >= 4 is 57.6 Å². The number of hydrogen-bond acceptors (Lipinski definition) is 8. The highest BCUT2D eigenvalue weighted by Gasteiger charge is 2.45. The molecule has 8 rings (SSSR count). The van der Waals surface area contributed by atoms with Crippen LogP contribution in [-0.2, 0) is 9.59 Å². The quantitative estimate of drug-likeness (QED) is 0.235. The van der Waals surface area contributed by atoms with Gasteiger partial charge in [0.25, 0.3) is 17.7 Å². The van der Waals surface area contributed by atoms with Crippen LogP contribution in [0, 0.1) is 11.3 Å². The molecular formula is C40H37ClN6O6. The highest BCUT2D eigenvalue weighted by molar-refractivity contribution is 6.31. The fraction of sp³-hybridized carbons (Fsp3) is 0.350. The molecule has 1 atom stereocenters. The summed E-state index contributed by atoms with van der Waals surface area (Å²) in [6, 6.07) is 17.7. The van der Waals surface area contributed by atoms with E-state index in [-0.39, 0.29) is 48.1 Å². The van der Waals surface area contributed by atoms with Gasteiger partial charge in [-0.15, -0.1) is 0 Å². The second kappa shape index (κ2) is 14.0. The number of nitriles is 1. The van der Waals surface area contributed by atoms with E-state index in [1.807, 2.05) is 36.7 Å². The van der Waals surface area contributed by atoms with E-state index in [0.29, 0.717) is 21.9 Å². The molecule has 3 fully saturated rings. The summed E-state index contributed by atoms with van der Waals surface area (Å²) in [5.74, 6) is -1.48.